The van der Waals surface area contributed by atoms with Crippen molar-refractivity contribution >= 4 is 71.0 Å². The van der Waals surface area contributed by atoms with E-state index in [2.05, 4.69) is 47.8 Å². The summed E-state index contributed by atoms with van der Waals surface area (Å²) < 4.78 is 2.89. The van der Waals surface area contributed by atoms with Gasteiger partial charge in [-0.3, -0.25) is 0 Å². The Morgan fingerprint density at radius 2 is 1.61 bits per heavy atom. The fraction of sp³-hybridized carbons (Fsp3) is 0.0769. The van der Waals surface area contributed by atoms with Crippen molar-refractivity contribution in [1.82, 2.24) is 0 Å². The van der Waals surface area contributed by atoms with Crippen LogP contribution < -0.4 is 0 Å². The van der Waals surface area contributed by atoms with E-state index in [1.54, 1.807) is 0 Å². The predicted octanol–water partition coefficient (Wildman–Crippen LogP) is 6.96. The van der Waals surface area contributed by atoms with E-state index in [1.807, 2.05) is 36.4 Å². The van der Waals surface area contributed by atoms with Crippen molar-refractivity contribution in [2.75, 3.05) is 0 Å². The Hall–Kier alpha value is 0.460. The molecule has 0 saturated carbocycles. The molecule has 0 N–H and O–H groups in total. The minimum atomic E-state index is -0.258. The Labute approximate surface area is 141 Å². The molecule has 2 aromatic rings. The number of hydrogen-bond acceptors (Lipinski definition) is 0. The van der Waals surface area contributed by atoms with Crippen molar-refractivity contribution in [3.05, 3.63) is 66.0 Å². The van der Waals surface area contributed by atoms with Crippen LogP contribution in [0.25, 0.3) is 0 Å². The van der Waals surface area contributed by atoms with Gasteiger partial charge in [0, 0.05) is 18.4 Å². The lowest BCUT2D eigenvalue weighted by molar-refractivity contribution is 1.12. The zero-order chi connectivity index (χ0) is 13.3. The van der Waals surface area contributed by atoms with Crippen LogP contribution in [0, 0.1) is 0 Å². The van der Waals surface area contributed by atoms with Crippen LogP contribution in [0.4, 0.5) is 0 Å². The Bertz CT molecular complexity index is 564. The van der Waals surface area contributed by atoms with Crippen molar-refractivity contribution in [2.45, 2.75) is 5.38 Å². The fourth-order valence-electron chi connectivity index (χ4n) is 1.61. The van der Waals surface area contributed by atoms with Gasteiger partial charge in [0.05, 0.1) is 5.38 Å². The molecule has 1 unspecified atom stereocenters. The maximum absolute atomic E-state index is 6.52. The number of alkyl halides is 1. The summed E-state index contributed by atoms with van der Waals surface area (Å²) in [6.45, 7) is 0. The Kier molecular flexibility index (Phi) is 5.18. The summed E-state index contributed by atoms with van der Waals surface area (Å²) in [5.41, 5.74) is 1.95. The van der Waals surface area contributed by atoms with E-state index in [9.17, 15) is 0 Å². The molecule has 1 atom stereocenters. The van der Waals surface area contributed by atoms with E-state index in [0.29, 0.717) is 5.02 Å². The van der Waals surface area contributed by atoms with Gasteiger partial charge in [-0.1, -0.05) is 59.4 Å². The highest BCUT2D eigenvalue weighted by Gasteiger charge is 2.15. The molecule has 0 aliphatic carbocycles. The molecule has 0 aromatic heterocycles. The first-order valence-electron chi connectivity index (χ1n) is 5.02. The van der Waals surface area contributed by atoms with Crippen LogP contribution in [0.15, 0.2) is 49.8 Å². The van der Waals surface area contributed by atoms with Crippen LogP contribution in [-0.2, 0) is 0 Å². The zero-order valence-corrected chi connectivity index (χ0v) is 15.2. The fourth-order valence-corrected chi connectivity index (χ4v) is 3.79. The van der Waals surface area contributed by atoms with Crippen molar-refractivity contribution in [3.63, 3.8) is 0 Å². The van der Waals surface area contributed by atoms with Crippen molar-refractivity contribution in [1.29, 1.82) is 0 Å². The SMILES string of the molecule is Clc1cc(Br)cc(C(Cl)c2cc(Br)ccc2Br)c1. The van der Waals surface area contributed by atoms with E-state index < -0.39 is 0 Å². The quantitative estimate of drug-likeness (QED) is 0.414. The molecule has 0 heterocycles. The maximum atomic E-state index is 6.52. The smallest absolute Gasteiger partial charge is 0.0847 e. The molecule has 0 radical (unpaired) electrons. The van der Waals surface area contributed by atoms with Gasteiger partial charge in [-0.05, 0) is 47.5 Å². The molecule has 0 saturated heterocycles. The van der Waals surface area contributed by atoms with Crippen LogP contribution in [-0.4, -0.2) is 0 Å². The lowest BCUT2D eigenvalue weighted by Gasteiger charge is -2.13. The normalized spacial score (nSPS) is 12.5. The van der Waals surface area contributed by atoms with Crippen LogP contribution in [0.3, 0.4) is 0 Å². The highest BCUT2D eigenvalue weighted by molar-refractivity contribution is 9.11. The van der Waals surface area contributed by atoms with E-state index in [-0.39, 0.29) is 5.38 Å². The molecule has 0 amide bonds. The molecular formula is C13H7Br3Cl2. The molecule has 2 rings (SSSR count). The number of hydrogen-bond donors (Lipinski definition) is 0. The second-order valence-corrected chi connectivity index (χ2v) is 7.29. The highest BCUT2D eigenvalue weighted by atomic mass is 79.9. The molecule has 0 aliphatic rings. The van der Waals surface area contributed by atoms with Crippen LogP contribution in [0.1, 0.15) is 16.5 Å². The summed E-state index contributed by atoms with van der Waals surface area (Å²) in [6, 6.07) is 11.6. The molecule has 18 heavy (non-hydrogen) atoms. The first-order valence-corrected chi connectivity index (χ1v) is 8.21. The van der Waals surface area contributed by atoms with Gasteiger partial charge in [0.25, 0.3) is 0 Å². The summed E-state index contributed by atoms with van der Waals surface area (Å²) in [5, 5.41) is 0.406. The first-order chi connectivity index (χ1) is 8.47. The Morgan fingerprint density at radius 3 is 2.28 bits per heavy atom. The van der Waals surface area contributed by atoms with Gasteiger partial charge in [-0.15, -0.1) is 11.6 Å². The predicted molar refractivity (Wildman–Crippen MR) is 88.7 cm³/mol. The average Bonchev–Trinajstić information content (AvgIpc) is 2.30. The van der Waals surface area contributed by atoms with Gasteiger partial charge in [-0.25, -0.2) is 0 Å². The maximum Gasteiger partial charge on any atom is 0.0847 e. The molecule has 0 bridgehead atoms. The number of rotatable bonds is 2. The first kappa shape index (κ1) is 14.9. The third-order valence-electron chi connectivity index (χ3n) is 2.41. The van der Waals surface area contributed by atoms with Crippen LogP contribution in [0.5, 0.6) is 0 Å². The Balaban J connectivity index is 2.47. The second-order valence-electron chi connectivity index (χ2n) is 3.73. The zero-order valence-electron chi connectivity index (χ0n) is 8.93. The average molecular weight is 474 g/mol. The van der Waals surface area contributed by atoms with Gasteiger partial charge >= 0.3 is 0 Å². The molecule has 0 aliphatic heterocycles. The molecular weight excluding hydrogens is 467 g/mol. The van der Waals surface area contributed by atoms with Gasteiger partial charge < -0.3 is 0 Å². The number of halogens is 5. The van der Waals surface area contributed by atoms with Gasteiger partial charge in [0.1, 0.15) is 0 Å². The van der Waals surface area contributed by atoms with E-state index in [0.717, 1.165) is 24.5 Å². The largest absolute Gasteiger partial charge is 0.113 e. The van der Waals surface area contributed by atoms with Crippen LogP contribution >= 0.6 is 71.0 Å². The van der Waals surface area contributed by atoms with Crippen molar-refractivity contribution in [3.8, 4) is 0 Å². The van der Waals surface area contributed by atoms with Crippen LogP contribution in [0.2, 0.25) is 5.02 Å². The molecule has 0 spiro atoms. The lowest BCUT2D eigenvalue weighted by atomic mass is 10.0. The summed E-state index contributed by atoms with van der Waals surface area (Å²) in [4.78, 5) is 0. The summed E-state index contributed by atoms with van der Waals surface area (Å²) in [7, 11) is 0. The van der Waals surface area contributed by atoms with Gasteiger partial charge in [0.2, 0.25) is 0 Å². The lowest BCUT2D eigenvalue weighted by Crippen LogP contribution is -1.95. The van der Waals surface area contributed by atoms with Crippen molar-refractivity contribution in [2.24, 2.45) is 0 Å². The molecule has 5 heteroatoms. The number of benzene rings is 2. The van der Waals surface area contributed by atoms with E-state index in [4.69, 9.17) is 23.2 Å². The molecule has 0 nitrogen and oxygen atoms in total. The molecule has 94 valence electrons. The Morgan fingerprint density at radius 1 is 0.889 bits per heavy atom. The van der Waals surface area contributed by atoms with Crippen molar-refractivity contribution < 1.29 is 0 Å². The van der Waals surface area contributed by atoms with Gasteiger partial charge in [0.15, 0.2) is 0 Å². The third kappa shape index (κ3) is 3.51. The summed E-state index contributed by atoms with van der Waals surface area (Å²) in [5.74, 6) is 0. The highest BCUT2D eigenvalue weighted by Crippen LogP contribution is 2.37. The van der Waals surface area contributed by atoms with E-state index >= 15 is 0 Å². The standard InChI is InChI=1S/C13H7Br3Cl2/c14-8-1-2-12(16)11(6-8)13(18)7-3-9(15)5-10(17)4-7/h1-6,13H. The molecule has 2 aromatic carbocycles. The van der Waals surface area contributed by atoms with Gasteiger partial charge in [-0.2, -0.15) is 0 Å². The summed E-state index contributed by atoms with van der Waals surface area (Å²) >= 11 is 23.0. The monoisotopic (exact) mass is 470 g/mol. The topological polar surface area (TPSA) is 0 Å². The minimum absolute atomic E-state index is 0.258. The third-order valence-corrected chi connectivity index (χ3v) is 4.79. The summed E-state index contributed by atoms with van der Waals surface area (Å²) in [6.07, 6.45) is 0. The minimum Gasteiger partial charge on any atom is -0.113 e. The second kappa shape index (κ2) is 6.27. The van der Waals surface area contributed by atoms with E-state index in [1.165, 1.54) is 0 Å². The molecule has 0 fully saturated rings.